The van der Waals surface area contributed by atoms with Crippen LogP contribution in [0.4, 0.5) is 4.39 Å². The molecule has 0 aromatic heterocycles. The summed E-state index contributed by atoms with van der Waals surface area (Å²) in [6.45, 7) is 2.02. The average molecular weight is 300 g/mol. The van der Waals surface area contributed by atoms with E-state index < -0.39 is 17.6 Å². The van der Waals surface area contributed by atoms with Crippen molar-refractivity contribution in [2.75, 3.05) is 7.05 Å². The lowest BCUT2D eigenvalue weighted by atomic mass is 10.1. The third kappa shape index (κ3) is 3.49. The Labute approximate surface area is 128 Å². The van der Waals surface area contributed by atoms with Gasteiger partial charge in [-0.25, -0.2) is 4.39 Å². The van der Waals surface area contributed by atoms with E-state index >= 15 is 0 Å². The minimum Gasteiger partial charge on any atom is -0.366 e. The Balaban J connectivity index is 2.18. The van der Waals surface area contributed by atoms with E-state index in [1.165, 1.54) is 17.0 Å². The quantitative estimate of drug-likeness (QED) is 0.943. The molecule has 0 fully saturated rings. The first-order chi connectivity index (χ1) is 10.4. The number of benzene rings is 2. The summed E-state index contributed by atoms with van der Waals surface area (Å²) in [6.07, 6.45) is 0. The Bertz CT molecular complexity index is 728. The molecule has 22 heavy (non-hydrogen) atoms. The number of aryl methyl sites for hydroxylation is 1. The third-order valence-corrected chi connectivity index (χ3v) is 3.33. The molecule has 0 saturated heterocycles. The van der Waals surface area contributed by atoms with Crippen molar-refractivity contribution in [3.8, 4) is 0 Å². The predicted octanol–water partition coefficient (Wildman–Crippen LogP) is 2.51. The highest BCUT2D eigenvalue weighted by Gasteiger charge is 2.16. The van der Waals surface area contributed by atoms with E-state index in [2.05, 4.69) is 0 Å². The van der Waals surface area contributed by atoms with Gasteiger partial charge in [0.25, 0.3) is 5.91 Å². The molecular formula is C17H17FN2O2. The maximum atomic E-state index is 13.9. The Morgan fingerprint density at radius 2 is 1.91 bits per heavy atom. The molecule has 5 heteroatoms. The van der Waals surface area contributed by atoms with E-state index in [4.69, 9.17) is 5.73 Å². The van der Waals surface area contributed by atoms with Gasteiger partial charge in [-0.15, -0.1) is 0 Å². The summed E-state index contributed by atoms with van der Waals surface area (Å²) >= 11 is 0. The molecule has 0 radical (unpaired) electrons. The van der Waals surface area contributed by atoms with Crippen LogP contribution in [0.25, 0.3) is 0 Å². The predicted molar refractivity (Wildman–Crippen MR) is 81.9 cm³/mol. The molecular weight excluding hydrogens is 283 g/mol. The Morgan fingerprint density at radius 1 is 1.18 bits per heavy atom. The summed E-state index contributed by atoms with van der Waals surface area (Å²) in [7, 11) is 1.58. The molecule has 4 nitrogen and oxygen atoms in total. The van der Waals surface area contributed by atoms with Gasteiger partial charge in [0, 0.05) is 19.2 Å². The molecule has 114 valence electrons. The normalized spacial score (nSPS) is 10.3. The minimum absolute atomic E-state index is 0.0270. The van der Waals surface area contributed by atoms with E-state index in [9.17, 15) is 14.0 Å². The molecule has 2 N–H and O–H groups in total. The maximum Gasteiger partial charge on any atom is 0.256 e. The van der Waals surface area contributed by atoms with Crippen LogP contribution in [0.2, 0.25) is 0 Å². The molecule has 0 saturated carbocycles. The molecule has 2 aromatic rings. The van der Waals surface area contributed by atoms with Crippen LogP contribution in [-0.4, -0.2) is 23.8 Å². The number of primary amides is 1. The van der Waals surface area contributed by atoms with Gasteiger partial charge in [-0.1, -0.05) is 18.2 Å². The minimum atomic E-state index is -0.539. The first-order valence-corrected chi connectivity index (χ1v) is 6.79. The summed E-state index contributed by atoms with van der Waals surface area (Å²) in [5.41, 5.74) is 7.14. The topological polar surface area (TPSA) is 63.4 Å². The van der Waals surface area contributed by atoms with Crippen molar-refractivity contribution in [1.29, 1.82) is 0 Å². The number of amides is 2. The highest BCUT2D eigenvalue weighted by atomic mass is 19.1. The number of nitrogens with zero attached hydrogens (tertiary/aromatic N) is 1. The van der Waals surface area contributed by atoms with Gasteiger partial charge in [0.05, 0.1) is 5.56 Å². The molecule has 0 aliphatic rings. The van der Waals surface area contributed by atoms with Crippen molar-refractivity contribution >= 4 is 11.8 Å². The molecule has 2 amide bonds. The van der Waals surface area contributed by atoms with Gasteiger partial charge >= 0.3 is 0 Å². The summed E-state index contributed by atoms with van der Waals surface area (Å²) in [6, 6.07) is 11.2. The molecule has 0 atom stereocenters. The highest BCUT2D eigenvalue weighted by Crippen LogP contribution is 2.14. The first-order valence-electron chi connectivity index (χ1n) is 6.79. The maximum absolute atomic E-state index is 13.9. The van der Waals surface area contributed by atoms with Gasteiger partial charge in [-0.3, -0.25) is 9.59 Å². The van der Waals surface area contributed by atoms with Crippen LogP contribution < -0.4 is 5.73 Å². The van der Waals surface area contributed by atoms with Gasteiger partial charge in [0.15, 0.2) is 0 Å². The fraction of sp³-hybridized carbons (Fsp3) is 0.176. The highest BCUT2D eigenvalue weighted by molar-refractivity contribution is 5.94. The number of carbonyl (C=O) groups is 2. The summed E-state index contributed by atoms with van der Waals surface area (Å²) in [4.78, 5) is 24.9. The zero-order valence-corrected chi connectivity index (χ0v) is 12.5. The number of carbonyl (C=O) groups excluding carboxylic acids is 2. The molecule has 0 spiro atoms. The number of hydrogen-bond acceptors (Lipinski definition) is 2. The van der Waals surface area contributed by atoms with Gasteiger partial charge in [0.1, 0.15) is 5.82 Å². The van der Waals surface area contributed by atoms with Crippen LogP contribution in [0.1, 0.15) is 31.8 Å². The van der Waals surface area contributed by atoms with Crippen LogP contribution in [-0.2, 0) is 6.54 Å². The lowest BCUT2D eigenvalue weighted by Gasteiger charge is -2.18. The summed E-state index contributed by atoms with van der Waals surface area (Å²) in [5.74, 6) is -1.48. The SMILES string of the molecule is Cc1ccc(C(=O)N(C)Cc2cccc(C(N)=O)c2)c(F)c1. The van der Waals surface area contributed by atoms with Gasteiger partial charge in [-0.2, -0.15) is 0 Å². The number of nitrogens with two attached hydrogens (primary N) is 1. The van der Waals surface area contributed by atoms with E-state index in [0.29, 0.717) is 5.56 Å². The zero-order valence-electron chi connectivity index (χ0n) is 12.5. The second kappa shape index (κ2) is 6.39. The van der Waals surface area contributed by atoms with Crippen molar-refractivity contribution in [3.63, 3.8) is 0 Å². The van der Waals surface area contributed by atoms with E-state index in [1.54, 1.807) is 44.3 Å². The molecule has 2 rings (SSSR count). The largest absolute Gasteiger partial charge is 0.366 e. The van der Waals surface area contributed by atoms with Crippen molar-refractivity contribution in [2.24, 2.45) is 5.73 Å². The average Bonchev–Trinajstić information content (AvgIpc) is 2.46. The smallest absolute Gasteiger partial charge is 0.256 e. The summed E-state index contributed by atoms with van der Waals surface area (Å²) in [5, 5.41) is 0. The van der Waals surface area contributed by atoms with Crippen LogP contribution in [0.5, 0.6) is 0 Å². The number of hydrogen-bond donors (Lipinski definition) is 1. The summed E-state index contributed by atoms with van der Waals surface area (Å²) < 4.78 is 13.9. The van der Waals surface area contributed by atoms with Crippen molar-refractivity contribution in [3.05, 3.63) is 70.5 Å². The fourth-order valence-corrected chi connectivity index (χ4v) is 2.17. The Morgan fingerprint density at radius 3 is 2.55 bits per heavy atom. The van der Waals surface area contributed by atoms with Gasteiger partial charge in [0.2, 0.25) is 5.91 Å². The molecule has 0 bridgehead atoms. The second-order valence-corrected chi connectivity index (χ2v) is 5.21. The Kier molecular flexibility index (Phi) is 4.56. The van der Waals surface area contributed by atoms with Gasteiger partial charge in [-0.05, 0) is 42.3 Å². The molecule has 0 aliphatic carbocycles. The monoisotopic (exact) mass is 300 g/mol. The first kappa shape index (κ1) is 15.7. The molecule has 0 aliphatic heterocycles. The van der Waals surface area contributed by atoms with Crippen LogP contribution in [0.3, 0.4) is 0 Å². The Hall–Kier alpha value is -2.69. The standard InChI is InChI=1S/C17H17FN2O2/c1-11-6-7-14(15(18)8-11)17(22)20(2)10-12-4-3-5-13(9-12)16(19)21/h3-9H,10H2,1-2H3,(H2,19,21). The molecule has 0 unspecified atom stereocenters. The number of rotatable bonds is 4. The van der Waals surface area contributed by atoms with Crippen molar-refractivity contribution in [1.82, 2.24) is 4.90 Å². The third-order valence-electron chi connectivity index (χ3n) is 3.33. The van der Waals surface area contributed by atoms with Crippen molar-refractivity contribution in [2.45, 2.75) is 13.5 Å². The van der Waals surface area contributed by atoms with Crippen LogP contribution in [0.15, 0.2) is 42.5 Å². The fourth-order valence-electron chi connectivity index (χ4n) is 2.17. The van der Waals surface area contributed by atoms with Crippen LogP contribution >= 0.6 is 0 Å². The molecule has 0 heterocycles. The van der Waals surface area contributed by atoms with E-state index in [0.717, 1.165) is 11.1 Å². The zero-order chi connectivity index (χ0) is 16.3. The van der Waals surface area contributed by atoms with Gasteiger partial charge < -0.3 is 10.6 Å². The number of halogens is 1. The van der Waals surface area contributed by atoms with E-state index in [1.807, 2.05) is 0 Å². The molecule has 2 aromatic carbocycles. The van der Waals surface area contributed by atoms with Crippen LogP contribution in [0, 0.1) is 12.7 Å². The lowest BCUT2D eigenvalue weighted by Crippen LogP contribution is -2.27. The lowest BCUT2D eigenvalue weighted by molar-refractivity contribution is 0.0780. The van der Waals surface area contributed by atoms with Crippen molar-refractivity contribution < 1.29 is 14.0 Å². The van der Waals surface area contributed by atoms with E-state index in [-0.39, 0.29) is 12.1 Å². The second-order valence-electron chi connectivity index (χ2n) is 5.21.